The average Bonchev–Trinajstić information content (AvgIpc) is 2.44. The molecule has 2 N–H and O–H groups in total. The van der Waals surface area contributed by atoms with Crippen LogP contribution in [0.1, 0.15) is 24.5 Å². The third-order valence-corrected chi connectivity index (χ3v) is 4.03. The minimum atomic E-state index is 0.369. The van der Waals surface area contributed by atoms with Gasteiger partial charge in [-0.2, -0.15) is 0 Å². The van der Waals surface area contributed by atoms with Gasteiger partial charge in [-0.1, -0.05) is 12.2 Å². The lowest BCUT2D eigenvalue weighted by molar-refractivity contribution is 0.194. The first-order valence-corrected chi connectivity index (χ1v) is 7.22. The van der Waals surface area contributed by atoms with Crippen LogP contribution in [0.3, 0.4) is 0 Å². The van der Waals surface area contributed by atoms with Gasteiger partial charge in [-0.25, -0.2) is 0 Å². The van der Waals surface area contributed by atoms with E-state index in [0.29, 0.717) is 11.0 Å². The molecule has 20 heavy (non-hydrogen) atoms. The van der Waals surface area contributed by atoms with Crippen molar-refractivity contribution in [3.05, 3.63) is 23.3 Å². The summed E-state index contributed by atoms with van der Waals surface area (Å²) in [5, 5.41) is 0. The van der Waals surface area contributed by atoms with Gasteiger partial charge in [0.1, 0.15) is 0 Å². The van der Waals surface area contributed by atoms with Gasteiger partial charge in [-0.15, -0.1) is 0 Å². The summed E-state index contributed by atoms with van der Waals surface area (Å²) in [6, 6.07) is 4.53. The second-order valence-electron chi connectivity index (χ2n) is 5.22. The molecule has 0 amide bonds. The molecule has 0 fully saturated rings. The molecule has 2 rings (SSSR count). The van der Waals surface area contributed by atoms with Crippen LogP contribution in [0.25, 0.3) is 0 Å². The van der Waals surface area contributed by atoms with Gasteiger partial charge in [-0.3, -0.25) is 4.90 Å². The molecule has 1 atom stereocenters. The normalized spacial score (nSPS) is 16.4. The number of ether oxygens (including phenoxy) is 2. The molecule has 4 nitrogen and oxygen atoms in total. The highest BCUT2D eigenvalue weighted by Gasteiger charge is 2.22. The Morgan fingerprint density at radius 2 is 1.90 bits per heavy atom. The summed E-state index contributed by atoms with van der Waals surface area (Å²) in [5.74, 6) is 1.59. The summed E-state index contributed by atoms with van der Waals surface area (Å²) < 4.78 is 10.7. The van der Waals surface area contributed by atoms with Crippen molar-refractivity contribution in [3.8, 4) is 11.5 Å². The van der Waals surface area contributed by atoms with Crippen LogP contribution >= 0.6 is 12.2 Å². The van der Waals surface area contributed by atoms with Crippen LogP contribution in [0, 0.1) is 0 Å². The minimum Gasteiger partial charge on any atom is -0.493 e. The van der Waals surface area contributed by atoms with Gasteiger partial charge in [0.05, 0.1) is 19.2 Å². The predicted molar refractivity (Wildman–Crippen MR) is 84.5 cm³/mol. The van der Waals surface area contributed by atoms with E-state index in [2.05, 4.69) is 24.0 Å². The fourth-order valence-corrected chi connectivity index (χ4v) is 2.94. The number of rotatable bonds is 5. The molecule has 1 unspecified atom stereocenters. The smallest absolute Gasteiger partial charge is 0.161 e. The SMILES string of the molecule is COc1cc2c(cc1OC)CN(C(C)CC(N)=S)CC2. The van der Waals surface area contributed by atoms with Crippen LogP contribution in [0.4, 0.5) is 0 Å². The number of benzene rings is 1. The molecule has 1 heterocycles. The number of fused-ring (bicyclic) bond motifs is 1. The molecular formula is C15H22N2O2S. The number of nitrogens with zero attached hydrogens (tertiary/aromatic N) is 1. The highest BCUT2D eigenvalue weighted by atomic mass is 32.1. The molecule has 5 heteroatoms. The molecule has 1 aliphatic rings. The molecule has 0 aromatic heterocycles. The van der Waals surface area contributed by atoms with Gasteiger partial charge >= 0.3 is 0 Å². The summed E-state index contributed by atoms with van der Waals surface area (Å²) in [7, 11) is 3.34. The van der Waals surface area contributed by atoms with Gasteiger partial charge in [0.15, 0.2) is 11.5 Å². The zero-order chi connectivity index (χ0) is 14.7. The second-order valence-corrected chi connectivity index (χ2v) is 5.74. The van der Waals surface area contributed by atoms with Crippen LogP contribution in [-0.2, 0) is 13.0 Å². The van der Waals surface area contributed by atoms with E-state index in [4.69, 9.17) is 27.4 Å². The Labute approximate surface area is 125 Å². The van der Waals surface area contributed by atoms with Crippen LogP contribution in [-0.4, -0.2) is 36.7 Å². The maximum Gasteiger partial charge on any atom is 0.161 e. The maximum absolute atomic E-state index is 5.65. The Balaban J connectivity index is 2.19. The summed E-state index contributed by atoms with van der Waals surface area (Å²) in [4.78, 5) is 2.99. The lowest BCUT2D eigenvalue weighted by Crippen LogP contribution is -2.39. The van der Waals surface area contributed by atoms with Gasteiger partial charge in [0.2, 0.25) is 0 Å². The summed E-state index contributed by atoms with van der Waals surface area (Å²) in [6.07, 6.45) is 1.77. The molecular weight excluding hydrogens is 272 g/mol. The highest BCUT2D eigenvalue weighted by molar-refractivity contribution is 7.80. The van der Waals surface area contributed by atoms with Crippen LogP contribution in [0.5, 0.6) is 11.5 Å². The van der Waals surface area contributed by atoms with E-state index in [1.165, 1.54) is 11.1 Å². The molecule has 1 aromatic rings. The summed E-state index contributed by atoms with van der Waals surface area (Å²) in [6.45, 7) is 4.09. The first kappa shape index (κ1) is 15.1. The molecule has 0 radical (unpaired) electrons. The van der Waals surface area contributed by atoms with Crippen LogP contribution in [0.15, 0.2) is 12.1 Å². The third-order valence-electron chi connectivity index (χ3n) is 3.87. The van der Waals surface area contributed by atoms with Gasteiger partial charge in [-0.05, 0) is 36.6 Å². The van der Waals surface area contributed by atoms with Gasteiger partial charge < -0.3 is 15.2 Å². The topological polar surface area (TPSA) is 47.7 Å². The van der Waals surface area contributed by atoms with Gasteiger partial charge in [0, 0.05) is 25.6 Å². The Morgan fingerprint density at radius 1 is 1.30 bits per heavy atom. The van der Waals surface area contributed by atoms with E-state index in [1.807, 2.05) is 0 Å². The van der Waals surface area contributed by atoms with Crippen molar-refractivity contribution in [2.24, 2.45) is 5.73 Å². The fourth-order valence-electron chi connectivity index (χ4n) is 2.70. The molecule has 1 aromatic carbocycles. The van der Waals surface area contributed by atoms with Crippen molar-refractivity contribution in [3.63, 3.8) is 0 Å². The number of hydrogen-bond donors (Lipinski definition) is 1. The molecule has 0 bridgehead atoms. The highest BCUT2D eigenvalue weighted by Crippen LogP contribution is 2.33. The van der Waals surface area contributed by atoms with Crippen molar-refractivity contribution < 1.29 is 9.47 Å². The molecule has 0 saturated carbocycles. The van der Waals surface area contributed by atoms with E-state index in [-0.39, 0.29) is 0 Å². The number of hydrogen-bond acceptors (Lipinski definition) is 4. The number of methoxy groups -OCH3 is 2. The monoisotopic (exact) mass is 294 g/mol. The molecule has 0 spiro atoms. The fraction of sp³-hybridized carbons (Fsp3) is 0.533. The Hall–Kier alpha value is -1.33. The van der Waals surface area contributed by atoms with Crippen LogP contribution in [0.2, 0.25) is 0 Å². The van der Waals surface area contributed by atoms with E-state index >= 15 is 0 Å². The van der Waals surface area contributed by atoms with E-state index < -0.39 is 0 Å². The van der Waals surface area contributed by atoms with Crippen molar-refractivity contribution in [1.82, 2.24) is 4.90 Å². The van der Waals surface area contributed by atoms with E-state index in [9.17, 15) is 0 Å². The molecule has 0 aliphatic carbocycles. The summed E-state index contributed by atoms with van der Waals surface area (Å²) >= 11 is 5.01. The largest absolute Gasteiger partial charge is 0.493 e. The predicted octanol–water partition coefficient (Wildman–Crippen LogP) is 2.13. The lowest BCUT2D eigenvalue weighted by Gasteiger charge is -2.34. The second kappa shape index (κ2) is 6.41. The maximum atomic E-state index is 5.65. The number of nitrogens with two attached hydrogens (primary N) is 1. The standard InChI is InChI=1S/C15H22N2O2S/c1-10(6-15(16)20)17-5-4-11-7-13(18-2)14(19-3)8-12(11)9-17/h7-8,10H,4-6,9H2,1-3H3,(H2,16,20). The average molecular weight is 294 g/mol. The Bertz CT molecular complexity index is 505. The zero-order valence-electron chi connectivity index (χ0n) is 12.3. The lowest BCUT2D eigenvalue weighted by atomic mass is 9.97. The first-order chi connectivity index (χ1) is 9.55. The van der Waals surface area contributed by atoms with E-state index in [0.717, 1.165) is 37.4 Å². The first-order valence-electron chi connectivity index (χ1n) is 6.81. The van der Waals surface area contributed by atoms with Crippen molar-refractivity contribution >= 4 is 17.2 Å². The van der Waals surface area contributed by atoms with E-state index in [1.54, 1.807) is 14.2 Å². The molecule has 0 saturated heterocycles. The quantitative estimate of drug-likeness (QED) is 0.843. The van der Waals surface area contributed by atoms with Crippen molar-refractivity contribution in [2.75, 3.05) is 20.8 Å². The zero-order valence-corrected chi connectivity index (χ0v) is 13.1. The Kier molecular flexibility index (Phi) is 4.83. The summed E-state index contributed by atoms with van der Waals surface area (Å²) in [5.41, 5.74) is 8.28. The van der Waals surface area contributed by atoms with Gasteiger partial charge in [0.25, 0.3) is 0 Å². The molecule has 110 valence electrons. The minimum absolute atomic E-state index is 0.369. The Morgan fingerprint density at radius 3 is 2.45 bits per heavy atom. The molecule has 1 aliphatic heterocycles. The van der Waals surface area contributed by atoms with Crippen molar-refractivity contribution in [2.45, 2.75) is 32.4 Å². The number of thiocarbonyl (C=S) groups is 1. The van der Waals surface area contributed by atoms with Crippen molar-refractivity contribution in [1.29, 1.82) is 0 Å². The third kappa shape index (κ3) is 3.22. The van der Waals surface area contributed by atoms with Crippen LogP contribution < -0.4 is 15.2 Å².